The first-order valence-electron chi connectivity index (χ1n) is 9.47. The Hall–Kier alpha value is -3.16. The van der Waals surface area contributed by atoms with Gasteiger partial charge in [-0.1, -0.05) is 0 Å². The minimum absolute atomic E-state index is 0.0664. The number of hydrogen-bond acceptors (Lipinski definition) is 6. The van der Waals surface area contributed by atoms with E-state index in [1.54, 1.807) is 23.6 Å². The maximum Gasteiger partial charge on any atom is 0.252 e. The van der Waals surface area contributed by atoms with Crippen LogP contribution in [-0.2, 0) is 17.8 Å². The van der Waals surface area contributed by atoms with Crippen LogP contribution < -0.4 is 9.47 Å². The molecule has 0 atom stereocenters. The maximum atomic E-state index is 12.8. The number of carbonyl (C=O) groups is 1. The van der Waals surface area contributed by atoms with Gasteiger partial charge in [0.1, 0.15) is 6.33 Å². The molecule has 0 N–H and O–H groups in total. The largest absolute Gasteiger partial charge is 0.493 e. The number of nitrogens with zero attached hydrogens (tertiary/aromatic N) is 5. The van der Waals surface area contributed by atoms with Gasteiger partial charge in [-0.15, -0.1) is 0 Å². The number of carbonyl (C=O) groups excluding carboxylic acids is 1. The van der Waals surface area contributed by atoms with Gasteiger partial charge in [0.25, 0.3) is 5.78 Å². The molecule has 0 radical (unpaired) electrons. The van der Waals surface area contributed by atoms with Crippen LogP contribution in [0.4, 0.5) is 0 Å². The first-order valence-corrected chi connectivity index (χ1v) is 9.47. The number of aryl methyl sites for hydroxylation is 3. The highest BCUT2D eigenvalue weighted by molar-refractivity contribution is 5.76. The van der Waals surface area contributed by atoms with Gasteiger partial charge in [0.15, 0.2) is 11.5 Å². The van der Waals surface area contributed by atoms with Crippen molar-refractivity contribution in [2.45, 2.75) is 40.2 Å². The summed E-state index contributed by atoms with van der Waals surface area (Å²) in [6.45, 7) is 6.43. The third kappa shape index (κ3) is 4.16. The van der Waals surface area contributed by atoms with Crippen molar-refractivity contribution >= 4 is 11.7 Å². The molecular formula is C21H27N5O3. The Labute approximate surface area is 170 Å². The van der Waals surface area contributed by atoms with Gasteiger partial charge in [-0.25, -0.2) is 9.50 Å². The molecule has 154 valence electrons. The van der Waals surface area contributed by atoms with Crippen LogP contribution in [0.15, 0.2) is 18.5 Å². The molecule has 1 amide bonds. The van der Waals surface area contributed by atoms with Gasteiger partial charge in [-0.05, 0) is 56.0 Å². The Kier molecular flexibility index (Phi) is 6.00. The van der Waals surface area contributed by atoms with Crippen LogP contribution in [0.3, 0.4) is 0 Å². The van der Waals surface area contributed by atoms with Gasteiger partial charge in [0, 0.05) is 31.4 Å². The van der Waals surface area contributed by atoms with Gasteiger partial charge < -0.3 is 14.4 Å². The van der Waals surface area contributed by atoms with E-state index in [0.717, 1.165) is 28.1 Å². The first-order chi connectivity index (χ1) is 13.8. The highest BCUT2D eigenvalue weighted by Gasteiger charge is 2.16. The summed E-state index contributed by atoms with van der Waals surface area (Å²) in [6.07, 6.45) is 2.49. The highest BCUT2D eigenvalue weighted by atomic mass is 16.5. The summed E-state index contributed by atoms with van der Waals surface area (Å²) in [6, 6.07) is 3.85. The summed E-state index contributed by atoms with van der Waals surface area (Å²) in [5.41, 5.74) is 4.96. The zero-order valence-electron chi connectivity index (χ0n) is 17.8. The normalized spacial score (nSPS) is 11.0. The third-order valence-corrected chi connectivity index (χ3v) is 5.25. The molecule has 3 rings (SSSR count). The van der Waals surface area contributed by atoms with E-state index < -0.39 is 0 Å². The number of rotatable bonds is 7. The van der Waals surface area contributed by atoms with Crippen molar-refractivity contribution in [2.24, 2.45) is 0 Å². The number of hydrogen-bond donors (Lipinski definition) is 0. The Morgan fingerprint density at radius 2 is 1.83 bits per heavy atom. The SMILES string of the molecule is COc1cc(C)c(CN(C)C(=O)CCc2c(C)nc3ncnn3c2C)cc1OC. The van der Waals surface area contributed by atoms with E-state index in [1.807, 2.05) is 40.0 Å². The Morgan fingerprint density at radius 3 is 2.52 bits per heavy atom. The summed E-state index contributed by atoms with van der Waals surface area (Å²) in [5.74, 6) is 1.99. The zero-order valence-corrected chi connectivity index (χ0v) is 17.8. The summed E-state index contributed by atoms with van der Waals surface area (Å²) in [4.78, 5) is 23.1. The number of fused-ring (bicyclic) bond motifs is 1. The standard InChI is InChI=1S/C21H27N5O3/c1-13-9-18(28-5)19(29-6)10-16(13)11-25(4)20(27)8-7-17-14(2)24-21-22-12-23-26(21)15(17)3/h9-10,12H,7-8,11H2,1-6H3. The summed E-state index contributed by atoms with van der Waals surface area (Å²) in [5, 5.41) is 4.20. The molecule has 3 aromatic rings. The minimum Gasteiger partial charge on any atom is -0.493 e. The van der Waals surface area contributed by atoms with Crippen LogP contribution in [-0.4, -0.2) is 51.7 Å². The van der Waals surface area contributed by atoms with Crippen LogP contribution in [0.1, 0.15) is 34.5 Å². The highest BCUT2D eigenvalue weighted by Crippen LogP contribution is 2.30. The quantitative estimate of drug-likeness (QED) is 0.610. The molecule has 0 aliphatic rings. The lowest BCUT2D eigenvalue weighted by Gasteiger charge is -2.20. The van der Waals surface area contributed by atoms with Crippen molar-refractivity contribution in [1.82, 2.24) is 24.5 Å². The lowest BCUT2D eigenvalue weighted by atomic mass is 10.0. The molecule has 0 bridgehead atoms. The van der Waals surface area contributed by atoms with Crippen LogP contribution >= 0.6 is 0 Å². The molecule has 2 heterocycles. The second-order valence-corrected chi connectivity index (χ2v) is 7.12. The molecule has 0 saturated heterocycles. The van der Waals surface area contributed by atoms with Crippen molar-refractivity contribution in [3.63, 3.8) is 0 Å². The van der Waals surface area contributed by atoms with E-state index in [0.29, 0.717) is 36.7 Å². The molecule has 0 aliphatic heterocycles. The molecule has 0 unspecified atom stereocenters. The van der Waals surface area contributed by atoms with Gasteiger partial charge in [-0.2, -0.15) is 10.1 Å². The molecule has 0 aliphatic carbocycles. The van der Waals surface area contributed by atoms with E-state index in [-0.39, 0.29) is 5.91 Å². The number of benzene rings is 1. The Balaban J connectivity index is 1.70. The lowest BCUT2D eigenvalue weighted by Crippen LogP contribution is -2.27. The molecule has 8 heteroatoms. The summed E-state index contributed by atoms with van der Waals surface area (Å²) in [7, 11) is 5.04. The minimum atomic E-state index is 0.0664. The van der Waals surface area contributed by atoms with Crippen molar-refractivity contribution in [1.29, 1.82) is 0 Å². The van der Waals surface area contributed by atoms with Crippen LogP contribution in [0.2, 0.25) is 0 Å². The molecule has 1 aromatic carbocycles. The maximum absolute atomic E-state index is 12.8. The zero-order chi connectivity index (χ0) is 21.1. The number of amides is 1. The third-order valence-electron chi connectivity index (χ3n) is 5.25. The second-order valence-electron chi connectivity index (χ2n) is 7.12. The van der Waals surface area contributed by atoms with E-state index in [9.17, 15) is 4.79 Å². The number of aromatic nitrogens is 4. The molecule has 29 heavy (non-hydrogen) atoms. The summed E-state index contributed by atoms with van der Waals surface area (Å²) >= 11 is 0. The van der Waals surface area contributed by atoms with Gasteiger partial charge >= 0.3 is 0 Å². The van der Waals surface area contributed by atoms with Crippen molar-refractivity contribution in [3.05, 3.63) is 46.5 Å². The molecule has 0 fully saturated rings. The smallest absolute Gasteiger partial charge is 0.252 e. The lowest BCUT2D eigenvalue weighted by molar-refractivity contribution is -0.130. The molecule has 2 aromatic heterocycles. The average molecular weight is 397 g/mol. The predicted octanol–water partition coefficient (Wildman–Crippen LogP) is 2.66. The average Bonchev–Trinajstić information content (AvgIpc) is 3.17. The Morgan fingerprint density at radius 1 is 1.14 bits per heavy atom. The number of ether oxygens (including phenoxy) is 2. The van der Waals surface area contributed by atoms with E-state index in [4.69, 9.17) is 9.47 Å². The first kappa shape index (κ1) is 20.6. The van der Waals surface area contributed by atoms with Gasteiger partial charge in [-0.3, -0.25) is 4.79 Å². The van der Waals surface area contributed by atoms with E-state index in [1.165, 1.54) is 6.33 Å². The van der Waals surface area contributed by atoms with Crippen molar-refractivity contribution < 1.29 is 14.3 Å². The van der Waals surface area contributed by atoms with Crippen LogP contribution in [0, 0.1) is 20.8 Å². The van der Waals surface area contributed by atoms with Crippen molar-refractivity contribution in [3.8, 4) is 11.5 Å². The summed E-state index contributed by atoms with van der Waals surface area (Å²) < 4.78 is 12.4. The Bertz CT molecular complexity index is 1040. The van der Waals surface area contributed by atoms with Crippen molar-refractivity contribution in [2.75, 3.05) is 21.3 Å². The predicted molar refractivity (Wildman–Crippen MR) is 109 cm³/mol. The fourth-order valence-corrected chi connectivity index (χ4v) is 3.48. The molecule has 0 saturated carbocycles. The monoisotopic (exact) mass is 397 g/mol. The van der Waals surface area contributed by atoms with E-state index in [2.05, 4.69) is 15.1 Å². The number of methoxy groups -OCH3 is 2. The van der Waals surface area contributed by atoms with Crippen LogP contribution in [0.5, 0.6) is 11.5 Å². The fourth-order valence-electron chi connectivity index (χ4n) is 3.48. The van der Waals surface area contributed by atoms with Gasteiger partial charge in [0.2, 0.25) is 5.91 Å². The second kappa shape index (κ2) is 8.46. The van der Waals surface area contributed by atoms with Crippen LogP contribution in [0.25, 0.3) is 5.78 Å². The molecular weight excluding hydrogens is 370 g/mol. The topological polar surface area (TPSA) is 81.9 Å². The van der Waals surface area contributed by atoms with E-state index >= 15 is 0 Å². The molecule has 0 spiro atoms. The molecule has 8 nitrogen and oxygen atoms in total. The fraction of sp³-hybridized carbons (Fsp3) is 0.429. The van der Waals surface area contributed by atoms with Gasteiger partial charge in [0.05, 0.1) is 14.2 Å².